The molecule has 0 aliphatic heterocycles. The number of benzene rings is 1. The summed E-state index contributed by atoms with van der Waals surface area (Å²) in [4.78, 5) is -0.318. The average Bonchev–Trinajstić information content (AvgIpc) is 2.03. The zero-order valence-corrected chi connectivity index (χ0v) is 7.23. The van der Waals surface area contributed by atoms with E-state index in [1.165, 1.54) is 24.3 Å². The van der Waals surface area contributed by atoms with E-state index in [9.17, 15) is 12.3 Å². The van der Waals surface area contributed by atoms with Crippen LogP contribution >= 0.6 is 0 Å². The highest BCUT2D eigenvalue weighted by Crippen LogP contribution is 2.14. The van der Waals surface area contributed by atoms with Gasteiger partial charge < -0.3 is 5.32 Å². The van der Waals surface area contributed by atoms with E-state index in [0.717, 1.165) is 5.69 Å². The van der Waals surface area contributed by atoms with Crippen LogP contribution in [0.5, 0.6) is 0 Å². The topological polar surface area (TPSA) is 46.2 Å². The molecule has 12 heavy (non-hydrogen) atoms. The van der Waals surface area contributed by atoms with Crippen LogP contribution in [0.25, 0.3) is 0 Å². The van der Waals surface area contributed by atoms with E-state index in [2.05, 4.69) is 5.32 Å². The number of hydrogen-bond donors (Lipinski definition) is 1. The minimum Gasteiger partial charge on any atom is -0.388 e. The first-order valence-electron chi connectivity index (χ1n) is 3.26. The SMILES string of the molecule is CNc1ccc(S(=O)(=O)F)cc1. The largest absolute Gasteiger partial charge is 0.388 e. The minimum atomic E-state index is -4.56. The van der Waals surface area contributed by atoms with Crippen molar-refractivity contribution in [3.05, 3.63) is 24.3 Å². The van der Waals surface area contributed by atoms with Crippen molar-refractivity contribution >= 4 is 15.9 Å². The Morgan fingerprint density at radius 1 is 1.25 bits per heavy atom. The Kier molecular flexibility index (Phi) is 2.32. The van der Waals surface area contributed by atoms with Crippen LogP contribution in [0.1, 0.15) is 0 Å². The molecule has 1 N–H and O–H groups in total. The first-order valence-corrected chi connectivity index (χ1v) is 4.65. The highest BCUT2D eigenvalue weighted by atomic mass is 32.3. The lowest BCUT2D eigenvalue weighted by Crippen LogP contribution is -1.92. The van der Waals surface area contributed by atoms with E-state index in [-0.39, 0.29) is 4.90 Å². The minimum absolute atomic E-state index is 0.318. The van der Waals surface area contributed by atoms with Gasteiger partial charge in [0.1, 0.15) is 0 Å². The maximum Gasteiger partial charge on any atom is 0.332 e. The molecule has 0 atom stereocenters. The van der Waals surface area contributed by atoms with Crippen molar-refractivity contribution in [1.29, 1.82) is 0 Å². The van der Waals surface area contributed by atoms with E-state index in [4.69, 9.17) is 0 Å². The summed E-state index contributed by atoms with van der Waals surface area (Å²) in [6, 6.07) is 5.40. The van der Waals surface area contributed by atoms with Gasteiger partial charge in [0, 0.05) is 12.7 Å². The molecular formula is C7H8FNO2S. The molecule has 0 saturated carbocycles. The van der Waals surface area contributed by atoms with Crippen molar-refractivity contribution in [2.75, 3.05) is 12.4 Å². The second-order valence-electron chi connectivity index (χ2n) is 2.21. The van der Waals surface area contributed by atoms with Gasteiger partial charge in [0.2, 0.25) is 0 Å². The predicted molar refractivity (Wildman–Crippen MR) is 44.3 cm³/mol. The lowest BCUT2D eigenvalue weighted by molar-refractivity contribution is 0.552. The molecular weight excluding hydrogens is 181 g/mol. The van der Waals surface area contributed by atoms with Crippen molar-refractivity contribution in [3.63, 3.8) is 0 Å². The molecule has 0 amide bonds. The van der Waals surface area contributed by atoms with E-state index >= 15 is 0 Å². The van der Waals surface area contributed by atoms with Crippen LogP contribution in [-0.4, -0.2) is 15.5 Å². The lowest BCUT2D eigenvalue weighted by atomic mass is 10.3. The van der Waals surface area contributed by atoms with Crippen LogP contribution in [0.4, 0.5) is 9.57 Å². The van der Waals surface area contributed by atoms with E-state index in [1.54, 1.807) is 7.05 Å². The third-order valence-electron chi connectivity index (χ3n) is 1.42. The quantitative estimate of drug-likeness (QED) is 0.715. The smallest absolute Gasteiger partial charge is 0.332 e. The van der Waals surface area contributed by atoms with Gasteiger partial charge in [-0.05, 0) is 24.3 Å². The van der Waals surface area contributed by atoms with E-state index in [0.29, 0.717) is 0 Å². The van der Waals surface area contributed by atoms with Crippen LogP contribution in [0.15, 0.2) is 29.2 Å². The molecule has 0 aliphatic carbocycles. The fraction of sp³-hybridized carbons (Fsp3) is 0.143. The Morgan fingerprint density at radius 3 is 2.08 bits per heavy atom. The van der Waals surface area contributed by atoms with Crippen LogP contribution in [0, 0.1) is 0 Å². The molecule has 0 aromatic heterocycles. The van der Waals surface area contributed by atoms with E-state index < -0.39 is 10.2 Å². The predicted octanol–water partition coefficient (Wildman–Crippen LogP) is 1.39. The van der Waals surface area contributed by atoms with Crippen LogP contribution in [0.2, 0.25) is 0 Å². The summed E-state index contributed by atoms with van der Waals surface area (Å²) in [6.07, 6.45) is 0. The maximum atomic E-state index is 12.3. The van der Waals surface area contributed by atoms with Crippen LogP contribution in [0.3, 0.4) is 0 Å². The molecule has 0 radical (unpaired) electrons. The Bertz CT molecular complexity index is 357. The zero-order valence-electron chi connectivity index (χ0n) is 6.41. The molecule has 0 unspecified atom stereocenters. The van der Waals surface area contributed by atoms with Gasteiger partial charge in [-0.3, -0.25) is 0 Å². The van der Waals surface area contributed by atoms with Gasteiger partial charge in [0.15, 0.2) is 0 Å². The van der Waals surface area contributed by atoms with Gasteiger partial charge in [-0.2, -0.15) is 8.42 Å². The van der Waals surface area contributed by atoms with Gasteiger partial charge in [-0.25, -0.2) is 0 Å². The normalized spacial score (nSPS) is 11.2. The summed E-state index contributed by atoms with van der Waals surface area (Å²) in [5.74, 6) is 0. The summed E-state index contributed by atoms with van der Waals surface area (Å²) in [5.41, 5.74) is 0.738. The van der Waals surface area contributed by atoms with Crippen molar-refractivity contribution in [3.8, 4) is 0 Å². The van der Waals surface area contributed by atoms with Gasteiger partial charge in [0.05, 0.1) is 4.90 Å². The van der Waals surface area contributed by atoms with Gasteiger partial charge >= 0.3 is 10.2 Å². The first-order chi connectivity index (χ1) is 5.54. The zero-order chi connectivity index (χ0) is 9.19. The molecule has 1 aromatic carbocycles. The van der Waals surface area contributed by atoms with Crippen LogP contribution in [-0.2, 0) is 10.2 Å². The molecule has 0 bridgehead atoms. The third kappa shape index (κ3) is 1.94. The fourth-order valence-corrected chi connectivity index (χ4v) is 1.25. The Morgan fingerprint density at radius 2 is 1.75 bits per heavy atom. The summed E-state index contributed by atoms with van der Waals surface area (Å²) < 4.78 is 33.0. The van der Waals surface area contributed by atoms with Crippen molar-refractivity contribution in [1.82, 2.24) is 0 Å². The van der Waals surface area contributed by atoms with Crippen molar-refractivity contribution in [2.24, 2.45) is 0 Å². The lowest BCUT2D eigenvalue weighted by Gasteiger charge is -1.98. The van der Waals surface area contributed by atoms with Gasteiger partial charge in [-0.15, -0.1) is 3.89 Å². The third-order valence-corrected chi connectivity index (χ3v) is 2.26. The van der Waals surface area contributed by atoms with Crippen molar-refractivity contribution < 1.29 is 12.3 Å². The molecule has 1 rings (SSSR count). The number of hydrogen-bond acceptors (Lipinski definition) is 3. The molecule has 0 aliphatic rings. The summed E-state index contributed by atoms with van der Waals surface area (Å²) in [5, 5.41) is 2.79. The molecule has 66 valence electrons. The Balaban J connectivity index is 3.09. The maximum absolute atomic E-state index is 12.3. The Hall–Kier alpha value is -1.10. The molecule has 0 heterocycles. The Labute approximate surface area is 70.4 Å². The molecule has 0 fully saturated rings. The van der Waals surface area contributed by atoms with Crippen LogP contribution < -0.4 is 5.32 Å². The second kappa shape index (κ2) is 3.10. The standard InChI is InChI=1S/C7H8FNO2S/c1-9-6-2-4-7(5-3-6)12(8,10)11/h2-5,9H,1H3. The summed E-state index contributed by atoms with van der Waals surface area (Å²) in [7, 11) is -2.86. The number of nitrogens with one attached hydrogen (secondary N) is 1. The molecule has 3 nitrogen and oxygen atoms in total. The van der Waals surface area contributed by atoms with Gasteiger partial charge in [0.25, 0.3) is 0 Å². The summed E-state index contributed by atoms with van der Waals surface area (Å²) in [6.45, 7) is 0. The first kappa shape index (κ1) is 8.99. The molecule has 1 aromatic rings. The monoisotopic (exact) mass is 189 g/mol. The number of anilines is 1. The highest BCUT2D eigenvalue weighted by molar-refractivity contribution is 7.86. The average molecular weight is 189 g/mol. The number of rotatable bonds is 2. The van der Waals surface area contributed by atoms with Crippen molar-refractivity contribution in [2.45, 2.75) is 4.90 Å². The second-order valence-corrected chi connectivity index (χ2v) is 3.56. The highest BCUT2D eigenvalue weighted by Gasteiger charge is 2.09. The summed E-state index contributed by atoms with van der Waals surface area (Å²) >= 11 is 0. The molecule has 0 spiro atoms. The molecule has 0 saturated heterocycles. The molecule has 5 heteroatoms. The van der Waals surface area contributed by atoms with Gasteiger partial charge in [-0.1, -0.05) is 0 Å². The number of halogens is 1. The fourth-order valence-electron chi connectivity index (χ4n) is 0.784. The van der Waals surface area contributed by atoms with E-state index in [1.807, 2.05) is 0 Å².